The predicted molar refractivity (Wildman–Crippen MR) is 70.5 cm³/mol. The SMILES string of the molecule is COCCc1nc(C2CCCCC2)c(C(=O)O)s1. The number of nitrogens with zero attached hydrogens (tertiary/aromatic N) is 1. The first-order chi connectivity index (χ1) is 8.72. The summed E-state index contributed by atoms with van der Waals surface area (Å²) >= 11 is 1.31. The molecule has 1 aromatic rings. The minimum atomic E-state index is -0.836. The number of hydrogen-bond donors (Lipinski definition) is 1. The molecule has 0 atom stereocenters. The number of aromatic carboxylic acids is 1. The first kappa shape index (κ1) is 13.5. The van der Waals surface area contributed by atoms with Gasteiger partial charge in [0.25, 0.3) is 0 Å². The van der Waals surface area contributed by atoms with E-state index in [4.69, 9.17) is 4.74 Å². The van der Waals surface area contributed by atoms with Crippen LogP contribution < -0.4 is 0 Å². The molecule has 0 amide bonds. The first-order valence-electron chi connectivity index (χ1n) is 6.44. The summed E-state index contributed by atoms with van der Waals surface area (Å²) in [5, 5.41) is 10.2. The van der Waals surface area contributed by atoms with Gasteiger partial charge in [-0.2, -0.15) is 0 Å². The van der Waals surface area contributed by atoms with Gasteiger partial charge in [-0.1, -0.05) is 19.3 Å². The van der Waals surface area contributed by atoms with Crippen molar-refractivity contribution >= 4 is 17.3 Å². The molecule has 100 valence electrons. The van der Waals surface area contributed by atoms with Crippen molar-refractivity contribution in [3.05, 3.63) is 15.6 Å². The molecular weight excluding hydrogens is 250 g/mol. The van der Waals surface area contributed by atoms with E-state index in [-0.39, 0.29) is 0 Å². The van der Waals surface area contributed by atoms with Gasteiger partial charge in [-0.15, -0.1) is 11.3 Å². The number of ether oxygens (including phenoxy) is 1. The summed E-state index contributed by atoms with van der Waals surface area (Å²) in [6.07, 6.45) is 6.50. The Balaban J connectivity index is 2.20. The maximum atomic E-state index is 11.3. The molecule has 1 saturated carbocycles. The molecule has 0 spiro atoms. The van der Waals surface area contributed by atoms with Crippen LogP contribution in [0.2, 0.25) is 0 Å². The number of rotatable bonds is 5. The lowest BCUT2D eigenvalue weighted by atomic mass is 9.86. The Morgan fingerprint density at radius 3 is 2.78 bits per heavy atom. The largest absolute Gasteiger partial charge is 0.477 e. The summed E-state index contributed by atoms with van der Waals surface area (Å²) in [6.45, 7) is 0.594. The van der Waals surface area contributed by atoms with Gasteiger partial charge in [-0.05, 0) is 12.8 Å². The number of aromatic nitrogens is 1. The quantitative estimate of drug-likeness (QED) is 0.892. The van der Waals surface area contributed by atoms with Crippen molar-refractivity contribution in [1.82, 2.24) is 4.98 Å². The van der Waals surface area contributed by atoms with E-state index < -0.39 is 5.97 Å². The van der Waals surface area contributed by atoms with Gasteiger partial charge < -0.3 is 9.84 Å². The summed E-state index contributed by atoms with van der Waals surface area (Å²) in [7, 11) is 1.65. The predicted octanol–water partition coefficient (Wildman–Crippen LogP) is 3.08. The van der Waals surface area contributed by atoms with E-state index in [1.165, 1.54) is 30.6 Å². The van der Waals surface area contributed by atoms with Crippen LogP contribution in [0.1, 0.15) is 58.4 Å². The summed E-state index contributed by atoms with van der Waals surface area (Å²) in [5.41, 5.74) is 0.818. The zero-order chi connectivity index (χ0) is 13.0. The van der Waals surface area contributed by atoms with E-state index in [0.29, 0.717) is 23.8 Å². The number of methoxy groups -OCH3 is 1. The van der Waals surface area contributed by atoms with Gasteiger partial charge >= 0.3 is 5.97 Å². The standard InChI is InChI=1S/C13H19NO3S/c1-17-8-7-10-14-11(12(18-10)13(15)16)9-5-3-2-4-6-9/h9H,2-8H2,1H3,(H,15,16). The molecule has 0 saturated heterocycles. The Bertz CT molecular complexity index is 410. The molecule has 1 heterocycles. The number of carbonyl (C=O) groups is 1. The Morgan fingerprint density at radius 1 is 1.44 bits per heavy atom. The summed E-state index contributed by atoms with van der Waals surface area (Å²) in [5.74, 6) is -0.492. The molecule has 0 aromatic carbocycles. The minimum absolute atomic E-state index is 0.345. The van der Waals surface area contributed by atoms with Crippen LogP contribution in [0.25, 0.3) is 0 Å². The van der Waals surface area contributed by atoms with E-state index in [1.807, 2.05) is 0 Å². The molecule has 0 unspecified atom stereocenters. The highest BCUT2D eigenvalue weighted by atomic mass is 32.1. The smallest absolute Gasteiger partial charge is 0.347 e. The molecular formula is C13H19NO3S. The molecule has 18 heavy (non-hydrogen) atoms. The molecule has 1 aliphatic rings. The molecule has 0 bridgehead atoms. The lowest BCUT2D eigenvalue weighted by Crippen LogP contribution is -2.09. The topological polar surface area (TPSA) is 59.4 Å². The third-order valence-corrected chi connectivity index (χ3v) is 4.52. The van der Waals surface area contributed by atoms with Gasteiger partial charge in [0.15, 0.2) is 0 Å². The maximum Gasteiger partial charge on any atom is 0.347 e. The van der Waals surface area contributed by atoms with Crippen LogP contribution in [0.3, 0.4) is 0 Å². The van der Waals surface area contributed by atoms with Crippen LogP contribution in [0, 0.1) is 0 Å². The lowest BCUT2D eigenvalue weighted by Gasteiger charge is -2.20. The van der Waals surface area contributed by atoms with E-state index in [1.54, 1.807) is 7.11 Å². The second kappa shape index (κ2) is 6.29. The second-order valence-electron chi connectivity index (χ2n) is 4.70. The highest BCUT2D eigenvalue weighted by molar-refractivity contribution is 7.13. The van der Waals surface area contributed by atoms with Crippen LogP contribution >= 0.6 is 11.3 Å². The van der Waals surface area contributed by atoms with E-state index in [2.05, 4.69) is 4.98 Å². The van der Waals surface area contributed by atoms with Crippen LogP contribution in [-0.4, -0.2) is 29.8 Å². The average molecular weight is 269 g/mol. The maximum absolute atomic E-state index is 11.3. The second-order valence-corrected chi connectivity index (χ2v) is 5.79. The molecule has 1 aromatic heterocycles. The van der Waals surface area contributed by atoms with Crippen LogP contribution in [0.5, 0.6) is 0 Å². The Labute approximate surface area is 111 Å². The lowest BCUT2D eigenvalue weighted by molar-refractivity contribution is 0.0700. The van der Waals surface area contributed by atoms with Gasteiger partial charge in [0.2, 0.25) is 0 Å². The third-order valence-electron chi connectivity index (χ3n) is 3.40. The molecule has 1 N–H and O–H groups in total. The van der Waals surface area contributed by atoms with Gasteiger partial charge in [0, 0.05) is 19.4 Å². The zero-order valence-corrected chi connectivity index (χ0v) is 11.5. The number of carboxylic acids is 1. The fraction of sp³-hybridized carbons (Fsp3) is 0.692. The first-order valence-corrected chi connectivity index (χ1v) is 7.26. The fourth-order valence-corrected chi connectivity index (χ4v) is 3.45. The molecule has 0 aliphatic heterocycles. The van der Waals surface area contributed by atoms with Gasteiger partial charge in [-0.25, -0.2) is 9.78 Å². The Kier molecular flexibility index (Phi) is 4.72. The molecule has 2 rings (SSSR count). The molecule has 1 fully saturated rings. The van der Waals surface area contributed by atoms with Gasteiger partial charge in [0.05, 0.1) is 17.3 Å². The average Bonchev–Trinajstić information content (AvgIpc) is 2.82. The summed E-state index contributed by atoms with van der Waals surface area (Å²) in [4.78, 5) is 16.3. The van der Waals surface area contributed by atoms with Crippen molar-refractivity contribution in [2.45, 2.75) is 44.4 Å². The van der Waals surface area contributed by atoms with Crippen molar-refractivity contribution < 1.29 is 14.6 Å². The van der Waals surface area contributed by atoms with Crippen molar-refractivity contribution in [1.29, 1.82) is 0 Å². The Morgan fingerprint density at radius 2 is 2.17 bits per heavy atom. The highest BCUT2D eigenvalue weighted by Crippen LogP contribution is 2.36. The number of thiazole rings is 1. The van der Waals surface area contributed by atoms with Gasteiger partial charge in [-0.3, -0.25) is 0 Å². The highest BCUT2D eigenvalue weighted by Gasteiger charge is 2.25. The monoisotopic (exact) mass is 269 g/mol. The minimum Gasteiger partial charge on any atom is -0.477 e. The van der Waals surface area contributed by atoms with Crippen LogP contribution in [0.15, 0.2) is 0 Å². The third kappa shape index (κ3) is 3.09. The molecule has 0 radical (unpaired) electrons. The van der Waals surface area contributed by atoms with Crippen LogP contribution in [-0.2, 0) is 11.2 Å². The van der Waals surface area contributed by atoms with E-state index in [0.717, 1.165) is 23.5 Å². The van der Waals surface area contributed by atoms with Gasteiger partial charge in [0.1, 0.15) is 4.88 Å². The van der Waals surface area contributed by atoms with Crippen LogP contribution in [0.4, 0.5) is 0 Å². The fourth-order valence-electron chi connectivity index (χ4n) is 2.48. The summed E-state index contributed by atoms with van der Waals surface area (Å²) < 4.78 is 5.02. The van der Waals surface area contributed by atoms with Crippen molar-refractivity contribution in [3.63, 3.8) is 0 Å². The summed E-state index contributed by atoms with van der Waals surface area (Å²) in [6, 6.07) is 0. The van der Waals surface area contributed by atoms with Crippen molar-refractivity contribution in [3.8, 4) is 0 Å². The van der Waals surface area contributed by atoms with Crippen molar-refractivity contribution in [2.24, 2.45) is 0 Å². The molecule has 1 aliphatic carbocycles. The normalized spacial score (nSPS) is 16.9. The van der Waals surface area contributed by atoms with E-state index in [9.17, 15) is 9.90 Å². The van der Waals surface area contributed by atoms with E-state index >= 15 is 0 Å². The number of hydrogen-bond acceptors (Lipinski definition) is 4. The number of carboxylic acid groups (broad SMARTS) is 1. The van der Waals surface area contributed by atoms with Crippen molar-refractivity contribution in [2.75, 3.05) is 13.7 Å². The molecule has 5 heteroatoms. The molecule has 4 nitrogen and oxygen atoms in total. The zero-order valence-electron chi connectivity index (χ0n) is 10.6. The Hall–Kier alpha value is -0.940.